The minimum atomic E-state index is -0.907. The van der Waals surface area contributed by atoms with E-state index < -0.39 is 15.9 Å². The van der Waals surface area contributed by atoms with Crippen LogP contribution in [0.4, 0.5) is 5.69 Å². The third-order valence-electron chi connectivity index (χ3n) is 1.59. The fraction of sp³-hybridized carbons (Fsp3) is 0. The molecule has 0 spiro atoms. The van der Waals surface area contributed by atoms with Gasteiger partial charge in [-0.05, 0) is 40.3 Å². The number of nitro groups is 1. The molecule has 0 bridgehead atoms. The molecule has 0 saturated heterocycles. The van der Waals surface area contributed by atoms with Crippen LogP contribution < -0.4 is 0 Å². The predicted octanol–water partition coefficient (Wildman–Crippen LogP) is 2.45. The summed E-state index contributed by atoms with van der Waals surface area (Å²) in [4.78, 5) is 20.9. The first kappa shape index (κ1) is 11.9. The fourth-order valence-electron chi connectivity index (χ4n) is 0.995. The summed E-state index contributed by atoms with van der Waals surface area (Å²) in [6, 6.07) is 4.16. The van der Waals surface area contributed by atoms with E-state index in [4.69, 9.17) is 16.9 Å². The van der Waals surface area contributed by atoms with E-state index in [2.05, 4.69) is 0 Å². The van der Waals surface area contributed by atoms with Gasteiger partial charge in [-0.2, -0.15) is 5.26 Å². The molecule has 0 aliphatic heterocycles. The van der Waals surface area contributed by atoms with Crippen LogP contribution in [0.3, 0.4) is 0 Å². The van der Waals surface area contributed by atoms with Crippen molar-refractivity contribution in [1.82, 2.24) is 0 Å². The van der Waals surface area contributed by atoms with Gasteiger partial charge in [0.15, 0.2) is 0 Å². The number of nitro benzene ring substituents is 1. The zero-order valence-corrected chi connectivity index (χ0v) is 9.94. The van der Waals surface area contributed by atoms with Crippen LogP contribution in [0.5, 0.6) is 0 Å². The second kappa shape index (κ2) is 4.55. The molecule has 0 atom stereocenters. The highest BCUT2D eigenvalue weighted by Gasteiger charge is 2.23. The quantitative estimate of drug-likeness (QED) is 0.359. The molecule has 1 rings (SSSR count). The van der Waals surface area contributed by atoms with Crippen LogP contribution in [-0.4, -0.2) is 10.2 Å². The molecule has 76 valence electrons. The first-order chi connectivity index (χ1) is 6.97. The highest BCUT2D eigenvalue weighted by atomic mass is 127. The van der Waals surface area contributed by atoms with Crippen molar-refractivity contribution in [3.05, 3.63) is 36.9 Å². The number of hydrogen-bond donors (Lipinski definition) is 0. The smallest absolute Gasteiger partial charge is 0.275 e. The molecule has 1 aromatic rings. The van der Waals surface area contributed by atoms with Gasteiger partial charge in [-0.15, -0.1) is 0 Å². The molecule has 0 saturated carbocycles. The van der Waals surface area contributed by atoms with Crippen molar-refractivity contribution < 1.29 is 9.72 Å². The van der Waals surface area contributed by atoms with Gasteiger partial charge in [0.25, 0.3) is 10.9 Å². The lowest BCUT2D eigenvalue weighted by Crippen LogP contribution is -2.02. The van der Waals surface area contributed by atoms with Gasteiger partial charge in [-0.3, -0.25) is 14.9 Å². The Balaban J connectivity index is 3.58. The molecule has 1 aromatic carbocycles. The highest BCUT2D eigenvalue weighted by Crippen LogP contribution is 2.27. The summed E-state index contributed by atoms with van der Waals surface area (Å²) < 4.78 is 0.290. The first-order valence-corrected chi connectivity index (χ1v) is 5.01. The Kier molecular flexibility index (Phi) is 3.60. The Morgan fingerprint density at radius 1 is 1.60 bits per heavy atom. The molecule has 0 N–H and O–H groups in total. The first-order valence-electron chi connectivity index (χ1n) is 3.55. The number of carbonyl (C=O) groups is 1. The van der Waals surface area contributed by atoms with Crippen LogP contribution in [0.15, 0.2) is 12.1 Å². The third-order valence-corrected chi connectivity index (χ3v) is 2.63. The molecule has 5 nitrogen and oxygen atoms in total. The number of rotatable bonds is 2. The Labute approximate surface area is 103 Å². The van der Waals surface area contributed by atoms with Gasteiger partial charge >= 0.3 is 0 Å². The van der Waals surface area contributed by atoms with E-state index in [-0.39, 0.29) is 11.1 Å². The Morgan fingerprint density at radius 3 is 2.60 bits per heavy atom. The van der Waals surface area contributed by atoms with Crippen LogP contribution in [0, 0.1) is 25.0 Å². The van der Waals surface area contributed by atoms with Gasteiger partial charge in [0, 0.05) is 9.64 Å². The van der Waals surface area contributed by atoms with E-state index in [1.165, 1.54) is 6.07 Å². The summed E-state index contributed by atoms with van der Waals surface area (Å²) in [5.74, 6) is 0. The molecule has 7 heteroatoms. The molecular formula is C8H2ClIN2O3. The van der Waals surface area contributed by atoms with Crippen molar-refractivity contribution in [2.75, 3.05) is 0 Å². The van der Waals surface area contributed by atoms with Gasteiger partial charge in [0.1, 0.15) is 5.56 Å². The Morgan fingerprint density at radius 2 is 2.20 bits per heavy atom. The lowest BCUT2D eigenvalue weighted by atomic mass is 10.1. The predicted molar refractivity (Wildman–Crippen MR) is 60.7 cm³/mol. The second-order valence-corrected chi connectivity index (χ2v) is 4.00. The summed E-state index contributed by atoms with van der Waals surface area (Å²) in [5.41, 5.74) is -0.507. The van der Waals surface area contributed by atoms with Crippen molar-refractivity contribution in [3.8, 4) is 6.07 Å². The monoisotopic (exact) mass is 336 g/mol. The number of halogens is 2. The normalized spacial score (nSPS) is 9.40. The molecule has 15 heavy (non-hydrogen) atoms. The number of hydrogen-bond acceptors (Lipinski definition) is 4. The maximum atomic E-state index is 11.0. The van der Waals surface area contributed by atoms with E-state index >= 15 is 0 Å². The topological polar surface area (TPSA) is 84.0 Å². The maximum absolute atomic E-state index is 11.0. The average molecular weight is 336 g/mol. The van der Waals surface area contributed by atoms with Crippen molar-refractivity contribution >= 4 is 45.1 Å². The van der Waals surface area contributed by atoms with E-state index in [0.29, 0.717) is 3.57 Å². The van der Waals surface area contributed by atoms with Crippen molar-refractivity contribution in [2.45, 2.75) is 0 Å². The fourth-order valence-corrected chi connectivity index (χ4v) is 2.21. The molecule has 0 fully saturated rings. The van der Waals surface area contributed by atoms with E-state index in [1.54, 1.807) is 28.7 Å². The summed E-state index contributed by atoms with van der Waals surface area (Å²) in [7, 11) is 0. The molecule has 0 unspecified atom stereocenters. The molecule has 0 aromatic heterocycles. The largest absolute Gasteiger partial charge is 0.283 e. The Hall–Kier alpha value is -1.20. The standard InChI is InChI=1S/C8H2ClIN2O3/c9-8(13)7-5(10)1-4(3-11)2-6(7)12(14)15/h1-2H. The van der Waals surface area contributed by atoms with Gasteiger partial charge in [0.05, 0.1) is 16.6 Å². The molecule has 0 amide bonds. The summed E-state index contributed by atoms with van der Waals surface area (Å²) >= 11 is 6.94. The molecule has 0 radical (unpaired) electrons. The van der Waals surface area contributed by atoms with Gasteiger partial charge in [-0.25, -0.2) is 0 Å². The summed E-state index contributed by atoms with van der Waals surface area (Å²) in [5, 5.41) is 18.3. The molecule has 0 aliphatic carbocycles. The number of nitrogens with zero attached hydrogens (tertiary/aromatic N) is 2. The third kappa shape index (κ3) is 2.43. The van der Waals surface area contributed by atoms with E-state index in [0.717, 1.165) is 6.07 Å². The van der Waals surface area contributed by atoms with Crippen LogP contribution in [-0.2, 0) is 0 Å². The lowest BCUT2D eigenvalue weighted by molar-refractivity contribution is -0.385. The van der Waals surface area contributed by atoms with Crippen LogP contribution in [0.1, 0.15) is 15.9 Å². The minimum absolute atomic E-state index is 0.118. The molecule has 0 aliphatic rings. The number of carbonyl (C=O) groups excluding carboxylic acids is 1. The van der Waals surface area contributed by atoms with Crippen molar-refractivity contribution in [1.29, 1.82) is 5.26 Å². The van der Waals surface area contributed by atoms with Crippen LogP contribution in [0.2, 0.25) is 0 Å². The number of benzene rings is 1. The maximum Gasteiger partial charge on any atom is 0.283 e. The SMILES string of the molecule is N#Cc1cc(I)c(C(=O)Cl)c([N+](=O)[O-])c1. The van der Waals surface area contributed by atoms with Gasteiger partial charge < -0.3 is 0 Å². The van der Waals surface area contributed by atoms with Crippen LogP contribution in [0.25, 0.3) is 0 Å². The Bertz CT molecular complexity index is 495. The molecule has 0 heterocycles. The van der Waals surface area contributed by atoms with Gasteiger partial charge in [0.2, 0.25) is 0 Å². The zero-order chi connectivity index (χ0) is 11.6. The lowest BCUT2D eigenvalue weighted by Gasteiger charge is -2.01. The van der Waals surface area contributed by atoms with Gasteiger partial charge in [-0.1, -0.05) is 0 Å². The molecular weight excluding hydrogens is 334 g/mol. The van der Waals surface area contributed by atoms with Crippen molar-refractivity contribution in [2.24, 2.45) is 0 Å². The number of nitriles is 1. The van der Waals surface area contributed by atoms with E-state index in [9.17, 15) is 14.9 Å². The zero-order valence-electron chi connectivity index (χ0n) is 7.03. The van der Waals surface area contributed by atoms with E-state index in [1.807, 2.05) is 0 Å². The van der Waals surface area contributed by atoms with Crippen molar-refractivity contribution in [3.63, 3.8) is 0 Å². The highest BCUT2D eigenvalue weighted by molar-refractivity contribution is 14.1. The van der Waals surface area contributed by atoms with Crippen LogP contribution >= 0.6 is 34.2 Å². The minimum Gasteiger partial charge on any atom is -0.275 e. The summed E-state index contributed by atoms with van der Waals surface area (Å²) in [6.07, 6.45) is 0. The summed E-state index contributed by atoms with van der Waals surface area (Å²) in [6.45, 7) is 0. The average Bonchev–Trinajstić information content (AvgIpc) is 2.15. The second-order valence-electron chi connectivity index (χ2n) is 2.49.